The smallest absolute Gasteiger partial charge is 0.476 e. The summed E-state index contributed by atoms with van der Waals surface area (Å²) in [5, 5.41) is 8.72. The van der Waals surface area contributed by atoms with Gasteiger partial charge in [0.05, 0.1) is 0 Å². The Hall–Kier alpha value is -1.10. The van der Waals surface area contributed by atoms with Crippen molar-refractivity contribution in [3.63, 3.8) is 0 Å². The van der Waals surface area contributed by atoms with Crippen molar-refractivity contribution in [2.24, 2.45) is 5.73 Å². The van der Waals surface area contributed by atoms with Crippen molar-refractivity contribution < 1.29 is 27.8 Å². The van der Waals surface area contributed by atoms with Crippen LogP contribution in [0.2, 0.25) is 0 Å². The van der Waals surface area contributed by atoms with E-state index < -0.39 is 23.8 Å². The summed E-state index contributed by atoms with van der Waals surface area (Å²) < 4.78 is 40.4. The number of ether oxygens (including phenoxy) is 1. The molecule has 0 aliphatic heterocycles. The molecule has 0 radical (unpaired) electrons. The molecule has 0 fully saturated rings. The van der Waals surface area contributed by atoms with Gasteiger partial charge in [-0.1, -0.05) is 0 Å². The van der Waals surface area contributed by atoms with Gasteiger partial charge < -0.3 is 15.6 Å². The molecule has 0 aliphatic carbocycles. The zero-order chi connectivity index (χ0) is 13.2. The van der Waals surface area contributed by atoms with Crippen LogP contribution in [0.1, 0.15) is 16.1 Å². The summed E-state index contributed by atoms with van der Waals surface area (Å²) in [6.07, 6.45) is -3.88. The molecule has 0 spiro atoms. The molecule has 17 heavy (non-hydrogen) atoms. The van der Waals surface area contributed by atoms with Crippen LogP contribution in [0.25, 0.3) is 0 Å². The average Bonchev–Trinajstić information content (AvgIpc) is 2.15. The second-order valence-electron chi connectivity index (χ2n) is 2.82. The van der Waals surface area contributed by atoms with Gasteiger partial charge in [-0.05, 0) is 22.6 Å². The number of carboxylic acid groups (broad SMARTS) is 1. The van der Waals surface area contributed by atoms with Crippen LogP contribution >= 0.6 is 22.6 Å². The van der Waals surface area contributed by atoms with Crippen LogP contribution in [-0.4, -0.2) is 22.4 Å². The molecule has 0 amide bonds. The number of carbonyl (C=O) groups is 1. The van der Waals surface area contributed by atoms with Crippen LogP contribution in [0.15, 0.2) is 6.20 Å². The van der Waals surface area contributed by atoms with Crippen LogP contribution in [-0.2, 0) is 6.54 Å². The Kier molecular flexibility index (Phi) is 4.14. The fraction of sp³-hybridized carbons (Fsp3) is 0.250. The second kappa shape index (κ2) is 5.04. The van der Waals surface area contributed by atoms with Crippen molar-refractivity contribution >= 4 is 28.6 Å². The zero-order valence-corrected chi connectivity index (χ0v) is 10.2. The standard InChI is InChI=1S/C8H6F3IN2O3/c9-8(10,11)17-6-3(1-13)4(12)2-14-5(6)7(15)16/h2H,1,13H2,(H,15,16). The Morgan fingerprint density at radius 1 is 1.59 bits per heavy atom. The molecule has 1 rings (SSSR count). The Bertz CT molecular complexity index is 450. The highest BCUT2D eigenvalue weighted by atomic mass is 127. The van der Waals surface area contributed by atoms with Crippen molar-refractivity contribution in [1.29, 1.82) is 0 Å². The maximum atomic E-state index is 12.1. The van der Waals surface area contributed by atoms with Crippen molar-refractivity contribution in [1.82, 2.24) is 4.98 Å². The van der Waals surface area contributed by atoms with E-state index in [1.807, 2.05) is 0 Å². The number of carboxylic acids is 1. The minimum Gasteiger partial charge on any atom is -0.476 e. The molecule has 0 aromatic carbocycles. The Labute approximate surface area is 107 Å². The van der Waals surface area contributed by atoms with Crippen molar-refractivity contribution in [3.8, 4) is 5.75 Å². The first-order chi connectivity index (χ1) is 7.76. The molecule has 0 aliphatic rings. The molecule has 1 aromatic rings. The quantitative estimate of drug-likeness (QED) is 0.801. The van der Waals surface area contributed by atoms with E-state index in [2.05, 4.69) is 9.72 Å². The first-order valence-corrected chi connectivity index (χ1v) is 5.20. The third kappa shape index (κ3) is 3.43. The number of hydrogen-bond acceptors (Lipinski definition) is 4. The Morgan fingerprint density at radius 2 is 2.18 bits per heavy atom. The van der Waals surface area contributed by atoms with Crippen molar-refractivity contribution in [3.05, 3.63) is 21.0 Å². The van der Waals surface area contributed by atoms with Gasteiger partial charge in [0.2, 0.25) is 0 Å². The number of nitrogens with zero attached hydrogens (tertiary/aromatic N) is 1. The van der Waals surface area contributed by atoms with Gasteiger partial charge in [-0.2, -0.15) is 0 Å². The van der Waals surface area contributed by atoms with Crippen LogP contribution < -0.4 is 10.5 Å². The fourth-order valence-corrected chi connectivity index (χ4v) is 1.68. The third-order valence-electron chi connectivity index (χ3n) is 1.71. The van der Waals surface area contributed by atoms with Crippen LogP contribution in [0.4, 0.5) is 13.2 Å². The van der Waals surface area contributed by atoms with E-state index in [1.165, 1.54) is 0 Å². The van der Waals surface area contributed by atoms with E-state index in [1.54, 1.807) is 22.6 Å². The molecule has 0 unspecified atom stereocenters. The molecule has 5 nitrogen and oxygen atoms in total. The maximum Gasteiger partial charge on any atom is 0.573 e. The van der Waals surface area contributed by atoms with Gasteiger partial charge in [0.15, 0.2) is 11.4 Å². The molecule has 0 bridgehead atoms. The molecular weight excluding hydrogens is 356 g/mol. The van der Waals surface area contributed by atoms with Gasteiger partial charge in [-0.15, -0.1) is 13.2 Å². The minimum atomic E-state index is -5.00. The third-order valence-corrected chi connectivity index (χ3v) is 2.64. The van der Waals surface area contributed by atoms with E-state index >= 15 is 0 Å². The lowest BCUT2D eigenvalue weighted by Gasteiger charge is -2.15. The first-order valence-electron chi connectivity index (χ1n) is 4.12. The van der Waals surface area contributed by atoms with E-state index in [-0.39, 0.29) is 12.1 Å². The summed E-state index contributed by atoms with van der Waals surface area (Å²) >= 11 is 1.69. The maximum absolute atomic E-state index is 12.1. The predicted molar refractivity (Wildman–Crippen MR) is 58.5 cm³/mol. The number of aromatic carboxylic acids is 1. The summed E-state index contributed by atoms with van der Waals surface area (Å²) in [6.45, 7) is -0.285. The molecule has 0 atom stereocenters. The monoisotopic (exact) mass is 362 g/mol. The van der Waals surface area contributed by atoms with Gasteiger partial charge in [0.1, 0.15) is 0 Å². The van der Waals surface area contributed by atoms with Crippen LogP contribution in [0.3, 0.4) is 0 Å². The van der Waals surface area contributed by atoms with Gasteiger partial charge >= 0.3 is 12.3 Å². The predicted octanol–water partition coefficient (Wildman–Crippen LogP) is 1.74. The molecule has 1 heterocycles. The molecule has 9 heteroatoms. The lowest BCUT2D eigenvalue weighted by atomic mass is 10.2. The van der Waals surface area contributed by atoms with Gasteiger partial charge in [-0.25, -0.2) is 9.78 Å². The van der Waals surface area contributed by atoms with E-state index in [4.69, 9.17) is 10.8 Å². The molecule has 0 saturated heterocycles. The summed E-state index contributed by atoms with van der Waals surface area (Å²) in [5.74, 6) is -2.48. The lowest BCUT2D eigenvalue weighted by Crippen LogP contribution is -2.22. The average molecular weight is 362 g/mol. The van der Waals surface area contributed by atoms with E-state index in [0.29, 0.717) is 3.57 Å². The first kappa shape index (κ1) is 14.0. The highest BCUT2D eigenvalue weighted by Gasteiger charge is 2.35. The molecule has 94 valence electrons. The molecule has 1 aromatic heterocycles. The minimum absolute atomic E-state index is 0.0460. The number of halogens is 4. The topological polar surface area (TPSA) is 85.4 Å². The van der Waals surface area contributed by atoms with Gasteiger partial charge in [0.25, 0.3) is 0 Å². The number of nitrogens with two attached hydrogens (primary N) is 1. The van der Waals surface area contributed by atoms with Crippen LogP contribution in [0, 0.1) is 3.57 Å². The normalized spacial score (nSPS) is 11.4. The van der Waals surface area contributed by atoms with Crippen LogP contribution in [0.5, 0.6) is 5.75 Å². The number of pyridine rings is 1. The molecule has 3 N–H and O–H groups in total. The largest absolute Gasteiger partial charge is 0.573 e. The number of aromatic nitrogens is 1. The van der Waals surface area contributed by atoms with E-state index in [0.717, 1.165) is 6.20 Å². The summed E-state index contributed by atoms with van der Waals surface area (Å²) in [6, 6.07) is 0. The highest BCUT2D eigenvalue weighted by Crippen LogP contribution is 2.31. The number of alkyl halides is 3. The highest BCUT2D eigenvalue weighted by molar-refractivity contribution is 14.1. The Morgan fingerprint density at radius 3 is 2.59 bits per heavy atom. The second-order valence-corrected chi connectivity index (χ2v) is 3.98. The van der Waals surface area contributed by atoms with Crippen molar-refractivity contribution in [2.75, 3.05) is 0 Å². The number of hydrogen-bond donors (Lipinski definition) is 2. The summed E-state index contributed by atoms with van der Waals surface area (Å²) in [7, 11) is 0. The van der Waals surface area contributed by atoms with E-state index in [9.17, 15) is 18.0 Å². The van der Waals surface area contributed by atoms with Gasteiger partial charge in [0, 0.05) is 21.9 Å². The van der Waals surface area contributed by atoms with Crippen molar-refractivity contribution in [2.45, 2.75) is 12.9 Å². The number of rotatable bonds is 3. The molecule has 0 saturated carbocycles. The Balaban J connectivity index is 3.39. The fourth-order valence-electron chi connectivity index (χ4n) is 1.08. The SMILES string of the molecule is NCc1c(I)cnc(C(=O)O)c1OC(F)(F)F. The summed E-state index contributed by atoms with van der Waals surface area (Å²) in [5.41, 5.74) is 4.40. The zero-order valence-electron chi connectivity index (χ0n) is 8.08. The molecular formula is C8H6F3IN2O3. The van der Waals surface area contributed by atoms with Gasteiger partial charge in [-0.3, -0.25) is 0 Å². The summed E-state index contributed by atoms with van der Waals surface area (Å²) in [4.78, 5) is 14.1. The lowest BCUT2D eigenvalue weighted by molar-refractivity contribution is -0.275.